The molecule has 2 saturated heterocycles. The van der Waals surface area contributed by atoms with E-state index >= 15 is 0 Å². The minimum atomic E-state index is -0.823. The summed E-state index contributed by atoms with van der Waals surface area (Å²) in [4.78, 5) is 28.5. The van der Waals surface area contributed by atoms with Crippen LogP contribution in [0.2, 0.25) is 0 Å². The quantitative estimate of drug-likeness (QED) is 0.757. The minimum absolute atomic E-state index is 0.100. The van der Waals surface area contributed by atoms with E-state index in [0.717, 1.165) is 25.9 Å². The van der Waals surface area contributed by atoms with Crippen LogP contribution in [0, 0.1) is 5.82 Å². The van der Waals surface area contributed by atoms with Gasteiger partial charge in [-0.15, -0.1) is 0 Å². The van der Waals surface area contributed by atoms with E-state index in [1.165, 1.54) is 11.0 Å². The average molecular weight is 378 g/mol. The molecule has 1 aromatic rings. The first-order valence-electron chi connectivity index (χ1n) is 9.43. The Morgan fingerprint density at radius 3 is 2.52 bits per heavy atom. The maximum Gasteiger partial charge on any atom is 0.337 e. The number of rotatable bonds is 3. The van der Waals surface area contributed by atoms with Crippen molar-refractivity contribution in [3.05, 3.63) is 29.6 Å². The lowest BCUT2D eigenvalue weighted by molar-refractivity contribution is -0.172. The second-order valence-electron chi connectivity index (χ2n) is 8.00. The number of amides is 1. The number of carbonyl (C=O) groups is 2. The van der Waals surface area contributed by atoms with Crippen molar-refractivity contribution in [3.63, 3.8) is 0 Å². The number of esters is 1. The summed E-state index contributed by atoms with van der Waals surface area (Å²) in [5.74, 6) is -1.19. The van der Waals surface area contributed by atoms with E-state index in [4.69, 9.17) is 9.47 Å². The van der Waals surface area contributed by atoms with Gasteiger partial charge in [0.05, 0.1) is 18.8 Å². The number of carbonyl (C=O) groups excluding carboxylic acids is 2. The number of halogens is 1. The van der Waals surface area contributed by atoms with Crippen LogP contribution in [-0.4, -0.2) is 61.3 Å². The van der Waals surface area contributed by atoms with Crippen LogP contribution in [0.3, 0.4) is 0 Å². The molecule has 0 spiro atoms. The molecule has 7 heteroatoms. The number of ether oxygens (including phenoxy) is 2. The monoisotopic (exact) mass is 378 g/mol. The zero-order valence-electron chi connectivity index (χ0n) is 16.2. The van der Waals surface area contributed by atoms with E-state index < -0.39 is 17.7 Å². The van der Waals surface area contributed by atoms with E-state index in [1.54, 1.807) is 32.9 Å². The Balaban J connectivity index is 1.68. The van der Waals surface area contributed by atoms with Gasteiger partial charge < -0.3 is 19.3 Å². The molecule has 27 heavy (non-hydrogen) atoms. The fourth-order valence-electron chi connectivity index (χ4n) is 3.38. The molecule has 0 unspecified atom stereocenters. The number of morpholine rings is 1. The van der Waals surface area contributed by atoms with Crippen molar-refractivity contribution in [3.8, 4) is 0 Å². The van der Waals surface area contributed by atoms with E-state index in [0.29, 0.717) is 12.2 Å². The van der Waals surface area contributed by atoms with Gasteiger partial charge in [-0.3, -0.25) is 4.79 Å². The normalized spacial score (nSPS) is 20.7. The summed E-state index contributed by atoms with van der Waals surface area (Å²) in [6, 6.07) is 4.60. The maximum absolute atomic E-state index is 14.5. The zero-order valence-corrected chi connectivity index (χ0v) is 16.2. The molecule has 2 heterocycles. The SMILES string of the molecule is CC(C)(C)OC(=O)[C@H]1CN(C(=O)c2ccc(N3CCCC3)c(F)c2)CCO1. The first kappa shape index (κ1) is 19.6. The Labute approximate surface area is 159 Å². The molecule has 0 aromatic heterocycles. The van der Waals surface area contributed by atoms with Crippen molar-refractivity contribution in [2.75, 3.05) is 37.7 Å². The highest BCUT2D eigenvalue weighted by Gasteiger charge is 2.33. The first-order valence-corrected chi connectivity index (χ1v) is 9.43. The van der Waals surface area contributed by atoms with Crippen LogP contribution in [-0.2, 0) is 14.3 Å². The van der Waals surface area contributed by atoms with Crippen LogP contribution in [0.5, 0.6) is 0 Å². The molecule has 1 atom stereocenters. The van der Waals surface area contributed by atoms with Crippen molar-refractivity contribution in [2.45, 2.75) is 45.3 Å². The average Bonchev–Trinajstić information content (AvgIpc) is 3.14. The van der Waals surface area contributed by atoms with E-state index in [1.807, 2.05) is 4.90 Å². The number of hydrogen-bond acceptors (Lipinski definition) is 5. The van der Waals surface area contributed by atoms with Crippen molar-refractivity contribution in [1.82, 2.24) is 4.90 Å². The largest absolute Gasteiger partial charge is 0.458 e. The van der Waals surface area contributed by atoms with Gasteiger partial charge >= 0.3 is 5.97 Å². The second-order valence-corrected chi connectivity index (χ2v) is 8.00. The topological polar surface area (TPSA) is 59.1 Å². The summed E-state index contributed by atoms with van der Waals surface area (Å²) in [5.41, 5.74) is 0.194. The molecule has 1 amide bonds. The van der Waals surface area contributed by atoms with E-state index in [2.05, 4.69) is 0 Å². The second kappa shape index (κ2) is 7.84. The fraction of sp³-hybridized carbons (Fsp3) is 0.600. The Morgan fingerprint density at radius 2 is 1.89 bits per heavy atom. The number of anilines is 1. The third kappa shape index (κ3) is 4.77. The third-order valence-corrected chi connectivity index (χ3v) is 4.66. The molecular weight excluding hydrogens is 351 g/mol. The number of benzene rings is 1. The van der Waals surface area contributed by atoms with Gasteiger partial charge in [0.2, 0.25) is 0 Å². The third-order valence-electron chi connectivity index (χ3n) is 4.66. The molecule has 0 bridgehead atoms. The molecule has 6 nitrogen and oxygen atoms in total. The van der Waals surface area contributed by atoms with Crippen molar-refractivity contribution >= 4 is 17.6 Å². The van der Waals surface area contributed by atoms with Gasteiger partial charge in [-0.1, -0.05) is 0 Å². The standard InChI is InChI=1S/C20H27FN2O4/c1-20(2,3)27-19(25)17-13-23(10-11-26-17)18(24)14-6-7-16(15(21)12-14)22-8-4-5-9-22/h6-7,12,17H,4-5,8-11,13H2,1-3H3/t17-/m1/s1. The summed E-state index contributed by atoms with van der Waals surface area (Å²) >= 11 is 0. The zero-order chi connectivity index (χ0) is 19.6. The Kier molecular flexibility index (Phi) is 5.69. The molecule has 2 aliphatic rings. The van der Waals surface area contributed by atoms with Crippen LogP contribution < -0.4 is 4.90 Å². The summed E-state index contributed by atoms with van der Waals surface area (Å²) < 4.78 is 25.3. The van der Waals surface area contributed by atoms with Gasteiger partial charge in [0, 0.05) is 25.2 Å². The van der Waals surface area contributed by atoms with Gasteiger partial charge in [0.15, 0.2) is 6.10 Å². The van der Waals surface area contributed by atoms with Crippen LogP contribution in [0.4, 0.5) is 10.1 Å². The minimum Gasteiger partial charge on any atom is -0.458 e. The highest BCUT2D eigenvalue weighted by Crippen LogP contribution is 2.25. The molecule has 0 N–H and O–H groups in total. The van der Waals surface area contributed by atoms with Crippen molar-refractivity contribution < 1.29 is 23.5 Å². The van der Waals surface area contributed by atoms with Gasteiger partial charge in [0.25, 0.3) is 5.91 Å². The molecule has 2 aliphatic heterocycles. The van der Waals surface area contributed by atoms with Crippen LogP contribution >= 0.6 is 0 Å². The Bertz CT molecular complexity index is 710. The first-order chi connectivity index (χ1) is 12.7. The molecule has 0 aliphatic carbocycles. The van der Waals surface area contributed by atoms with Crippen LogP contribution in [0.1, 0.15) is 44.0 Å². The summed E-state index contributed by atoms with van der Waals surface area (Å²) in [5, 5.41) is 0. The van der Waals surface area contributed by atoms with Crippen LogP contribution in [0.15, 0.2) is 18.2 Å². The van der Waals surface area contributed by atoms with Gasteiger partial charge in [-0.2, -0.15) is 0 Å². The van der Waals surface area contributed by atoms with Crippen molar-refractivity contribution in [2.24, 2.45) is 0 Å². The summed E-state index contributed by atoms with van der Waals surface area (Å²) in [6.07, 6.45) is 1.29. The maximum atomic E-state index is 14.5. The molecular formula is C20H27FN2O4. The van der Waals surface area contributed by atoms with Crippen molar-refractivity contribution in [1.29, 1.82) is 0 Å². The van der Waals surface area contributed by atoms with E-state index in [-0.39, 0.29) is 30.4 Å². The van der Waals surface area contributed by atoms with Gasteiger partial charge in [-0.25, -0.2) is 9.18 Å². The predicted molar refractivity (Wildman–Crippen MR) is 99.3 cm³/mol. The Morgan fingerprint density at radius 1 is 1.19 bits per heavy atom. The number of hydrogen-bond donors (Lipinski definition) is 0. The van der Waals surface area contributed by atoms with Crippen LogP contribution in [0.25, 0.3) is 0 Å². The lowest BCUT2D eigenvalue weighted by atomic mass is 10.1. The molecule has 0 saturated carbocycles. The highest BCUT2D eigenvalue weighted by atomic mass is 19.1. The fourth-order valence-corrected chi connectivity index (χ4v) is 3.38. The molecule has 3 rings (SSSR count). The Hall–Kier alpha value is -2.15. The number of nitrogens with zero attached hydrogens (tertiary/aromatic N) is 2. The molecule has 1 aromatic carbocycles. The lowest BCUT2D eigenvalue weighted by Crippen LogP contribution is -2.50. The smallest absolute Gasteiger partial charge is 0.337 e. The van der Waals surface area contributed by atoms with Gasteiger partial charge in [0.1, 0.15) is 11.4 Å². The summed E-state index contributed by atoms with van der Waals surface area (Å²) in [6.45, 7) is 7.71. The molecule has 0 radical (unpaired) electrons. The molecule has 2 fully saturated rings. The summed E-state index contributed by atoms with van der Waals surface area (Å²) in [7, 11) is 0. The molecule has 148 valence electrons. The highest BCUT2D eigenvalue weighted by molar-refractivity contribution is 5.95. The predicted octanol–water partition coefficient (Wildman–Crippen LogP) is 2.61. The van der Waals surface area contributed by atoms with Gasteiger partial charge in [-0.05, 0) is 51.8 Å². The van der Waals surface area contributed by atoms with E-state index in [9.17, 15) is 14.0 Å². The lowest BCUT2D eigenvalue weighted by Gasteiger charge is -2.33.